The molecule has 3 nitrogen and oxygen atoms in total. The fourth-order valence-corrected chi connectivity index (χ4v) is 2.50. The maximum Gasteiger partial charge on any atom is 0.240 e. The van der Waals surface area contributed by atoms with Crippen LogP contribution in [0.25, 0.3) is 0 Å². The molecule has 1 aliphatic rings. The van der Waals surface area contributed by atoms with Crippen LogP contribution in [0.5, 0.6) is 0 Å². The van der Waals surface area contributed by atoms with E-state index in [0.29, 0.717) is 0 Å². The van der Waals surface area contributed by atoms with Crippen molar-refractivity contribution in [3.8, 4) is 0 Å². The molecule has 0 aromatic heterocycles. The van der Waals surface area contributed by atoms with Crippen LogP contribution in [0.2, 0.25) is 0 Å². The molecule has 1 aromatic carbocycles. The second-order valence-corrected chi connectivity index (χ2v) is 4.85. The number of nitrogens with zero attached hydrogens (tertiary/aromatic N) is 1. The Bertz CT molecular complexity index is 377. The molecular formula is C15H22N2O. The summed E-state index contributed by atoms with van der Waals surface area (Å²) in [7, 11) is 0. The van der Waals surface area contributed by atoms with Gasteiger partial charge in [-0.05, 0) is 31.4 Å². The van der Waals surface area contributed by atoms with Crippen molar-refractivity contribution < 1.29 is 4.79 Å². The van der Waals surface area contributed by atoms with Gasteiger partial charge in [-0.25, -0.2) is 0 Å². The molecule has 0 radical (unpaired) electrons. The quantitative estimate of drug-likeness (QED) is 0.883. The zero-order valence-electron chi connectivity index (χ0n) is 11.1. The average molecular weight is 246 g/mol. The van der Waals surface area contributed by atoms with Gasteiger partial charge in [0, 0.05) is 13.1 Å². The molecule has 1 amide bonds. The van der Waals surface area contributed by atoms with Gasteiger partial charge >= 0.3 is 0 Å². The average Bonchev–Trinajstić information content (AvgIpc) is 2.56. The number of carbonyl (C=O) groups excluding carboxylic acids is 1. The van der Waals surface area contributed by atoms with Crippen molar-refractivity contribution in [2.75, 3.05) is 13.1 Å². The summed E-state index contributed by atoms with van der Waals surface area (Å²) in [5.74, 6) is 0.262. The van der Waals surface area contributed by atoms with Crippen LogP contribution >= 0.6 is 0 Å². The molecule has 98 valence electrons. The monoisotopic (exact) mass is 246 g/mol. The number of likely N-dealkylation sites (tertiary alicyclic amines) is 1. The van der Waals surface area contributed by atoms with E-state index in [0.717, 1.165) is 38.9 Å². The molecule has 18 heavy (non-hydrogen) atoms. The van der Waals surface area contributed by atoms with Crippen LogP contribution in [0.15, 0.2) is 30.3 Å². The van der Waals surface area contributed by atoms with Crippen LogP contribution in [0.3, 0.4) is 0 Å². The van der Waals surface area contributed by atoms with Crippen LogP contribution < -0.4 is 5.32 Å². The number of amides is 1. The van der Waals surface area contributed by atoms with Crippen LogP contribution in [0, 0.1) is 0 Å². The molecule has 1 N–H and O–H groups in total. The minimum Gasteiger partial charge on any atom is -0.337 e. The summed E-state index contributed by atoms with van der Waals surface area (Å²) in [6, 6.07) is 10.2. The first-order valence-corrected chi connectivity index (χ1v) is 6.87. The van der Waals surface area contributed by atoms with Crippen LogP contribution in [0.4, 0.5) is 0 Å². The second kappa shape index (κ2) is 6.55. The van der Waals surface area contributed by atoms with E-state index in [1.54, 1.807) is 0 Å². The molecular weight excluding hydrogens is 224 g/mol. The maximum absolute atomic E-state index is 12.4. The molecule has 1 aromatic rings. The van der Waals surface area contributed by atoms with Crippen molar-refractivity contribution in [3.05, 3.63) is 35.9 Å². The summed E-state index contributed by atoms with van der Waals surface area (Å²) in [6.45, 7) is 4.53. The highest BCUT2D eigenvalue weighted by atomic mass is 16.2. The van der Waals surface area contributed by atoms with E-state index in [1.807, 2.05) is 23.1 Å². The third-order valence-corrected chi connectivity index (χ3v) is 3.45. The number of nitrogens with one attached hydrogen (secondary N) is 1. The smallest absolute Gasteiger partial charge is 0.240 e. The van der Waals surface area contributed by atoms with Gasteiger partial charge in [-0.1, -0.05) is 37.3 Å². The van der Waals surface area contributed by atoms with Crippen molar-refractivity contribution in [1.82, 2.24) is 10.2 Å². The molecule has 1 heterocycles. The summed E-state index contributed by atoms with van der Waals surface area (Å²) in [5, 5.41) is 3.30. The Morgan fingerprint density at radius 3 is 2.78 bits per heavy atom. The van der Waals surface area contributed by atoms with Gasteiger partial charge in [0.25, 0.3) is 0 Å². The van der Waals surface area contributed by atoms with E-state index >= 15 is 0 Å². The van der Waals surface area contributed by atoms with Crippen molar-refractivity contribution in [2.24, 2.45) is 0 Å². The molecule has 3 heteroatoms. The molecule has 1 aliphatic heterocycles. The first-order chi connectivity index (χ1) is 8.81. The topological polar surface area (TPSA) is 32.3 Å². The molecule has 0 aliphatic carbocycles. The summed E-state index contributed by atoms with van der Waals surface area (Å²) < 4.78 is 0. The van der Waals surface area contributed by atoms with E-state index in [-0.39, 0.29) is 11.9 Å². The first kappa shape index (κ1) is 13.1. The lowest BCUT2D eigenvalue weighted by atomic mass is 10.1. The van der Waals surface area contributed by atoms with Crippen LogP contribution in [-0.4, -0.2) is 29.9 Å². The Morgan fingerprint density at radius 1 is 1.28 bits per heavy atom. The molecule has 2 rings (SSSR count). The van der Waals surface area contributed by atoms with Crippen molar-refractivity contribution in [1.29, 1.82) is 0 Å². The van der Waals surface area contributed by atoms with Gasteiger partial charge in [0.05, 0.1) is 6.04 Å². The fraction of sp³-hybridized carbons (Fsp3) is 0.533. The highest BCUT2D eigenvalue weighted by molar-refractivity contribution is 5.82. The fourth-order valence-electron chi connectivity index (χ4n) is 2.50. The summed E-state index contributed by atoms with van der Waals surface area (Å²) in [4.78, 5) is 14.4. The lowest BCUT2D eigenvalue weighted by Crippen LogP contribution is -2.44. The molecule has 0 unspecified atom stereocenters. The number of carbonyl (C=O) groups is 1. The number of hydrogen-bond donors (Lipinski definition) is 1. The third kappa shape index (κ3) is 3.33. The second-order valence-electron chi connectivity index (χ2n) is 4.85. The van der Waals surface area contributed by atoms with Crippen molar-refractivity contribution >= 4 is 5.91 Å². The lowest BCUT2D eigenvalue weighted by Gasteiger charge is -2.24. The number of hydrogen-bond acceptors (Lipinski definition) is 2. The molecule has 0 bridgehead atoms. The van der Waals surface area contributed by atoms with E-state index < -0.39 is 0 Å². The van der Waals surface area contributed by atoms with E-state index in [1.165, 1.54) is 5.56 Å². The first-order valence-electron chi connectivity index (χ1n) is 6.87. The predicted molar refractivity (Wildman–Crippen MR) is 73.2 cm³/mol. The van der Waals surface area contributed by atoms with Crippen molar-refractivity contribution in [3.63, 3.8) is 0 Å². The Labute approximate surface area is 109 Å². The van der Waals surface area contributed by atoms with Gasteiger partial charge in [0.1, 0.15) is 0 Å². The highest BCUT2D eigenvalue weighted by Crippen LogP contribution is 2.15. The van der Waals surface area contributed by atoms with Gasteiger partial charge in [0.2, 0.25) is 5.91 Å². The summed E-state index contributed by atoms with van der Waals surface area (Å²) >= 11 is 0. The standard InChI is InChI=1S/C15H22N2O/c1-2-16-14-10-6-7-11-17(15(14)18)12-13-8-4-3-5-9-13/h3-5,8-9,14,16H,2,6-7,10-12H2,1H3/t14-/m1/s1. The van der Waals surface area contributed by atoms with E-state index in [2.05, 4.69) is 24.4 Å². The van der Waals surface area contributed by atoms with E-state index in [9.17, 15) is 4.79 Å². The maximum atomic E-state index is 12.4. The molecule has 1 fully saturated rings. The molecule has 1 atom stereocenters. The predicted octanol–water partition coefficient (Wildman–Crippen LogP) is 2.18. The highest BCUT2D eigenvalue weighted by Gasteiger charge is 2.25. The van der Waals surface area contributed by atoms with Crippen molar-refractivity contribution in [2.45, 2.75) is 38.8 Å². The van der Waals surface area contributed by atoms with Crippen LogP contribution in [0.1, 0.15) is 31.7 Å². The number of likely N-dealkylation sites (N-methyl/N-ethyl adjacent to an activating group) is 1. The normalized spacial score (nSPS) is 20.8. The van der Waals surface area contributed by atoms with E-state index in [4.69, 9.17) is 0 Å². The third-order valence-electron chi connectivity index (χ3n) is 3.45. The van der Waals surface area contributed by atoms with Gasteiger partial charge < -0.3 is 10.2 Å². The Morgan fingerprint density at radius 2 is 2.06 bits per heavy atom. The molecule has 1 saturated heterocycles. The van der Waals surface area contributed by atoms with Crippen LogP contribution in [-0.2, 0) is 11.3 Å². The SMILES string of the molecule is CCN[C@@H]1CCCCN(Cc2ccccc2)C1=O. The summed E-state index contributed by atoms with van der Waals surface area (Å²) in [5.41, 5.74) is 1.21. The van der Waals surface area contributed by atoms with Gasteiger partial charge in [-0.15, -0.1) is 0 Å². The number of benzene rings is 1. The molecule has 0 spiro atoms. The molecule has 0 saturated carbocycles. The summed E-state index contributed by atoms with van der Waals surface area (Å²) in [6.07, 6.45) is 3.22. The van der Waals surface area contributed by atoms with Gasteiger partial charge in [0.15, 0.2) is 0 Å². The minimum atomic E-state index is 0.0150. The minimum absolute atomic E-state index is 0.0150. The zero-order chi connectivity index (χ0) is 12.8. The Balaban J connectivity index is 2.03. The largest absolute Gasteiger partial charge is 0.337 e. The number of rotatable bonds is 4. The Kier molecular flexibility index (Phi) is 4.76. The zero-order valence-corrected chi connectivity index (χ0v) is 11.1. The van der Waals surface area contributed by atoms with Gasteiger partial charge in [-0.2, -0.15) is 0 Å². The Hall–Kier alpha value is -1.35. The lowest BCUT2D eigenvalue weighted by molar-refractivity contribution is -0.133. The van der Waals surface area contributed by atoms with Gasteiger partial charge in [-0.3, -0.25) is 4.79 Å².